The van der Waals surface area contributed by atoms with E-state index in [4.69, 9.17) is 15.3 Å². The molecule has 0 aromatic carbocycles. The van der Waals surface area contributed by atoms with Gasteiger partial charge in [0.05, 0.1) is 0 Å². The summed E-state index contributed by atoms with van der Waals surface area (Å²) in [6.07, 6.45) is 0. The Morgan fingerprint density at radius 2 is 1.33 bits per heavy atom. The summed E-state index contributed by atoms with van der Waals surface area (Å²) >= 11 is 0. The number of carboxylic acids is 2. The van der Waals surface area contributed by atoms with Crippen molar-refractivity contribution in [3.05, 3.63) is 0 Å². The van der Waals surface area contributed by atoms with E-state index in [0.717, 1.165) is 0 Å². The first-order valence-electron chi connectivity index (χ1n) is 2.40. The number of carboxylic acid groups (broad SMARTS) is 3. The van der Waals surface area contributed by atoms with Crippen LogP contribution in [0.5, 0.6) is 0 Å². The van der Waals surface area contributed by atoms with Crippen molar-refractivity contribution in [1.29, 1.82) is 0 Å². The maximum Gasteiger partial charge on any atom is 0.322 e. The number of halogens is 1. The molecule has 0 radical (unpaired) electrons. The molecule has 0 aromatic heterocycles. The van der Waals surface area contributed by atoms with Crippen LogP contribution in [0.25, 0.3) is 0 Å². The average Bonchev–Trinajstić information content (AvgIpc) is 1.81. The molecule has 12 heavy (non-hydrogen) atoms. The van der Waals surface area contributed by atoms with Gasteiger partial charge in [-0.05, 0) is 0 Å². The van der Waals surface area contributed by atoms with Crippen molar-refractivity contribution in [2.45, 2.75) is 5.66 Å². The van der Waals surface area contributed by atoms with Crippen LogP contribution in [0, 0.1) is 0 Å². The zero-order valence-corrected chi connectivity index (χ0v) is 7.37. The molecule has 8 heteroatoms. The summed E-state index contributed by atoms with van der Waals surface area (Å²) in [5.74, 6) is -3.25. The number of hydrogen-bond acceptors (Lipinski definition) is 3. The highest BCUT2D eigenvalue weighted by Gasteiger charge is 2.28. The summed E-state index contributed by atoms with van der Waals surface area (Å²) in [4.78, 5) is 30.0. The maximum atomic E-state index is 10.0. The molecule has 70 valence electrons. The SMILES string of the molecule is Cl.O=C(O)PC(C(=O)O)C(=O)O. The lowest BCUT2D eigenvalue weighted by Crippen LogP contribution is -2.25. The van der Waals surface area contributed by atoms with Crippen molar-refractivity contribution < 1.29 is 29.7 Å². The van der Waals surface area contributed by atoms with Gasteiger partial charge in [-0.1, -0.05) is 0 Å². The molecule has 3 N–H and O–H groups in total. The Morgan fingerprint density at radius 3 is 1.42 bits per heavy atom. The highest BCUT2D eigenvalue weighted by molar-refractivity contribution is 7.59. The fourth-order valence-corrected chi connectivity index (χ4v) is 0.846. The fourth-order valence-electron chi connectivity index (χ4n) is 0.353. The van der Waals surface area contributed by atoms with Crippen LogP contribution in [0.15, 0.2) is 0 Å². The van der Waals surface area contributed by atoms with Gasteiger partial charge in [0.1, 0.15) is 0 Å². The van der Waals surface area contributed by atoms with Gasteiger partial charge in [-0.3, -0.25) is 9.59 Å². The molecule has 0 amide bonds. The van der Waals surface area contributed by atoms with E-state index in [0.29, 0.717) is 0 Å². The average molecular weight is 217 g/mol. The summed E-state index contributed by atoms with van der Waals surface area (Å²) in [6.45, 7) is 0. The summed E-state index contributed by atoms with van der Waals surface area (Å²) in [5, 5.41) is 24.4. The molecule has 0 heterocycles. The molecule has 0 aliphatic rings. The van der Waals surface area contributed by atoms with E-state index in [-0.39, 0.29) is 12.4 Å². The third-order valence-electron chi connectivity index (χ3n) is 0.762. The van der Waals surface area contributed by atoms with Crippen molar-refractivity contribution in [3.8, 4) is 0 Å². The molecular formula is C4H6ClO6P. The topological polar surface area (TPSA) is 112 Å². The Kier molecular flexibility index (Phi) is 6.55. The molecule has 0 rings (SSSR count). The first-order valence-corrected chi connectivity index (χ1v) is 3.48. The molecule has 0 fully saturated rings. The molecule has 1 atom stereocenters. The van der Waals surface area contributed by atoms with E-state index in [1.807, 2.05) is 0 Å². The Balaban J connectivity index is 0. The second-order valence-corrected chi connectivity index (χ2v) is 2.85. The highest BCUT2D eigenvalue weighted by atomic mass is 35.5. The van der Waals surface area contributed by atoms with Gasteiger partial charge in [0.2, 0.25) is 0 Å². The van der Waals surface area contributed by atoms with E-state index in [2.05, 4.69) is 0 Å². The van der Waals surface area contributed by atoms with E-state index in [9.17, 15) is 14.4 Å². The van der Waals surface area contributed by atoms with Crippen molar-refractivity contribution in [3.63, 3.8) is 0 Å². The highest BCUT2D eigenvalue weighted by Crippen LogP contribution is 2.19. The van der Waals surface area contributed by atoms with Crippen molar-refractivity contribution in [1.82, 2.24) is 0 Å². The lowest BCUT2D eigenvalue weighted by atomic mass is 10.4. The van der Waals surface area contributed by atoms with Crippen LogP contribution >= 0.6 is 21.0 Å². The van der Waals surface area contributed by atoms with Crippen molar-refractivity contribution >= 4 is 38.6 Å². The number of hydrogen-bond donors (Lipinski definition) is 3. The van der Waals surface area contributed by atoms with Gasteiger partial charge >= 0.3 is 17.6 Å². The predicted molar refractivity (Wildman–Crippen MR) is 42.6 cm³/mol. The Morgan fingerprint density at radius 1 is 1.00 bits per heavy atom. The van der Waals surface area contributed by atoms with Crippen LogP contribution in [0.1, 0.15) is 0 Å². The van der Waals surface area contributed by atoms with Gasteiger partial charge in [0.25, 0.3) is 0 Å². The minimum Gasteiger partial charge on any atom is -0.480 e. The summed E-state index contributed by atoms with van der Waals surface area (Å²) in [6, 6.07) is 0. The molecule has 0 spiro atoms. The van der Waals surface area contributed by atoms with Crippen LogP contribution in [-0.2, 0) is 9.59 Å². The van der Waals surface area contributed by atoms with Crippen LogP contribution in [0.4, 0.5) is 4.79 Å². The molecule has 0 saturated heterocycles. The second kappa shape index (κ2) is 5.74. The molecular weight excluding hydrogens is 210 g/mol. The maximum absolute atomic E-state index is 10.0. The predicted octanol–water partition coefficient (Wildman–Crippen LogP) is 0.302. The van der Waals surface area contributed by atoms with Gasteiger partial charge in [0.15, 0.2) is 5.66 Å². The monoisotopic (exact) mass is 216 g/mol. The van der Waals surface area contributed by atoms with Crippen molar-refractivity contribution in [2.75, 3.05) is 0 Å². The molecule has 0 saturated carbocycles. The number of carbonyl (C=O) groups is 3. The first kappa shape index (κ1) is 13.7. The third-order valence-corrected chi connectivity index (χ3v) is 1.79. The molecule has 0 aliphatic carbocycles. The van der Waals surface area contributed by atoms with Gasteiger partial charge in [-0.2, -0.15) is 0 Å². The summed E-state index contributed by atoms with van der Waals surface area (Å²) in [5.41, 5.74) is -3.24. The molecule has 0 bridgehead atoms. The molecule has 6 nitrogen and oxygen atoms in total. The van der Waals surface area contributed by atoms with E-state index >= 15 is 0 Å². The Hall–Kier alpha value is -0.870. The zero-order valence-electron chi connectivity index (χ0n) is 5.55. The van der Waals surface area contributed by atoms with Crippen LogP contribution in [0.3, 0.4) is 0 Å². The lowest BCUT2D eigenvalue weighted by molar-refractivity contribution is -0.146. The third kappa shape index (κ3) is 4.87. The number of rotatable bonds is 4. The van der Waals surface area contributed by atoms with Gasteiger partial charge < -0.3 is 15.3 Å². The zero-order chi connectivity index (χ0) is 9.02. The summed E-state index contributed by atoms with van der Waals surface area (Å²) in [7, 11) is -1.14. The lowest BCUT2D eigenvalue weighted by Gasteiger charge is -2.01. The second-order valence-electron chi connectivity index (χ2n) is 1.56. The van der Waals surface area contributed by atoms with Gasteiger partial charge in [-0.15, -0.1) is 12.4 Å². The normalized spacial score (nSPS) is 9.75. The minimum absolute atomic E-state index is 0. The molecule has 1 unspecified atom stereocenters. The van der Waals surface area contributed by atoms with E-state index in [1.165, 1.54) is 0 Å². The van der Waals surface area contributed by atoms with Crippen LogP contribution in [0.2, 0.25) is 0 Å². The Labute approximate surface area is 74.8 Å². The standard InChI is InChI=1S/C4H5O6P.ClH/c5-2(6)1(3(7)8)11-4(9)10;/h1,11H,(H,5,6)(H,7,8)(H,9,10);1H. The van der Waals surface area contributed by atoms with Gasteiger partial charge in [0, 0.05) is 8.58 Å². The summed E-state index contributed by atoms with van der Waals surface area (Å²) < 4.78 is 0. The van der Waals surface area contributed by atoms with E-state index < -0.39 is 31.9 Å². The quantitative estimate of drug-likeness (QED) is 0.460. The van der Waals surface area contributed by atoms with Crippen LogP contribution in [-0.4, -0.2) is 38.6 Å². The smallest absolute Gasteiger partial charge is 0.322 e. The Bertz CT molecular complexity index is 190. The first-order chi connectivity index (χ1) is 4.95. The van der Waals surface area contributed by atoms with E-state index in [1.54, 1.807) is 0 Å². The van der Waals surface area contributed by atoms with Gasteiger partial charge in [-0.25, -0.2) is 4.79 Å². The minimum atomic E-state index is -1.83. The molecule has 0 aromatic rings. The number of aliphatic carboxylic acids is 2. The molecule has 0 aliphatic heterocycles. The van der Waals surface area contributed by atoms with Crippen LogP contribution < -0.4 is 0 Å². The fraction of sp³-hybridized carbons (Fsp3) is 0.250. The van der Waals surface area contributed by atoms with Crippen molar-refractivity contribution in [2.24, 2.45) is 0 Å². The largest absolute Gasteiger partial charge is 0.480 e.